The normalized spacial score (nSPS) is 10.3. The Morgan fingerprint density at radius 3 is 2.47 bits per heavy atom. The summed E-state index contributed by atoms with van der Waals surface area (Å²) in [4.78, 5) is 24.7. The highest BCUT2D eigenvalue weighted by Gasteiger charge is 2.15. The van der Waals surface area contributed by atoms with E-state index >= 15 is 0 Å². The van der Waals surface area contributed by atoms with E-state index in [0.717, 1.165) is 5.56 Å². The van der Waals surface area contributed by atoms with Gasteiger partial charge >= 0.3 is 5.97 Å². The Labute approximate surface area is 113 Å². The second-order valence-corrected chi connectivity index (χ2v) is 4.11. The van der Waals surface area contributed by atoms with Crippen LogP contribution in [0, 0.1) is 0 Å². The first-order valence-corrected chi connectivity index (χ1v) is 6.28. The van der Waals surface area contributed by atoms with Crippen molar-refractivity contribution >= 4 is 11.9 Å². The Bertz CT molecular complexity index is 406. The van der Waals surface area contributed by atoms with E-state index in [1.54, 1.807) is 18.9 Å². The van der Waals surface area contributed by atoms with E-state index in [-0.39, 0.29) is 25.0 Å². The number of amides is 1. The van der Waals surface area contributed by atoms with Crippen molar-refractivity contribution in [3.05, 3.63) is 35.9 Å². The number of ether oxygens (including phenoxy) is 1. The molecule has 1 amide bonds. The molecule has 5 nitrogen and oxygen atoms in total. The van der Waals surface area contributed by atoms with Crippen LogP contribution >= 0.6 is 0 Å². The maximum atomic E-state index is 11.5. The summed E-state index contributed by atoms with van der Waals surface area (Å²) in [6.07, 6.45) is 0. The van der Waals surface area contributed by atoms with Crippen molar-refractivity contribution in [3.63, 3.8) is 0 Å². The van der Waals surface area contributed by atoms with Gasteiger partial charge in [-0.1, -0.05) is 30.3 Å². The molecular weight excluding hydrogens is 244 g/mol. The first-order chi connectivity index (χ1) is 9.15. The van der Waals surface area contributed by atoms with Crippen molar-refractivity contribution in [2.24, 2.45) is 0 Å². The van der Waals surface area contributed by atoms with Crippen molar-refractivity contribution in [2.75, 3.05) is 26.7 Å². The molecule has 1 N–H and O–H groups in total. The van der Waals surface area contributed by atoms with Crippen LogP contribution in [-0.2, 0) is 20.9 Å². The number of nitrogens with zero attached hydrogens (tertiary/aromatic N) is 1. The molecule has 0 unspecified atom stereocenters. The topological polar surface area (TPSA) is 58.6 Å². The van der Waals surface area contributed by atoms with Crippen LogP contribution in [0.2, 0.25) is 0 Å². The van der Waals surface area contributed by atoms with Crippen molar-refractivity contribution in [1.82, 2.24) is 10.2 Å². The van der Waals surface area contributed by atoms with Gasteiger partial charge in [-0.2, -0.15) is 0 Å². The molecule has 0 atom stereocenters. The van der Waals surface area contributed by atoms with Crippen LogP contribution in [-0.4, -0.2) is 43.5 Å². The number of nitrogens with one attached hydrogen (secondary N) is 1. The highest BCUT2D eigenvalue weighted by atomic mass is 16.5. The lowest BCUT2D eigenvalue weighted by molar-refractivity contribution is -0.144. The van der Waals surface area contributed by atoms with E-state index in [4.69, 9.17) is 4.74 Å². The molecule has 0 spiro atoms. The molecule has 0 aliphatic heterocycles. The summed E-state index contributed by atoms with van der Waals surface area (Å²) >= 11 is 0. The second kappa shape index (κ2) is 8.26. The average molecular weight is 264 g/mol. The first-order valence-electron chi connectivity index (χ1n) is 6.28. The van der Waals surface area contributed by atoms with E-state index in [9.17, 15) is 9.59 Å². The molecule has 1 rings (SSSR count). The minimum Gasteiger partial charge on any atom is -0.465 e. The molecular formula is C14H20N2O3. The lowest BCUT2D eigenvalue weighted by Crippen LogP contribution is -2.38. The predicted molar refractivity (Wildman–Crippen MR) is 72.4 cm³/mol. The lowest BCUT2D eigenvalue weighted by atomic mass is 10.2. The van der Waals surface area contributed by atoms with Gasteiger partial charge in [0, 0.05) is 13.6 Å². The molecule has 0 heterocycles. The highest BCUT2D eigenvalue weighted by Crippen LogP contribution is 2.04. The fraction of sp³-hybridized carbons (Fsp3) is 0.429. The number of benzene rings is 1. The third-order valence-corrected chi connectivity index (χ3v) is 2.55. The van der Waals surface area contributed by atoms with Crippen molar-refractivity contribution in [2.45, 2.75) is 13.5 Å². The number of hydrogen-bond donors (Lipinski definition) is 1. The van der Waals surface area contributed by atoms with Crippen LogP contribution in [0.5, 0.6) is 0 Å². The highest BCUT2D eigenvalue weighted by molar-refractivity contribution is 5.79. The summed E-state index contributed by atoms with van der Waals surface area (Å²) in [5.74, 6) is -0.442. The summed E-state index contributed by atoms with van der Waals surface area (Å²) in [7, 11) is 1.58. The molecule has 0 bridgehead atoms. The average Bonchev–Trinajstić information content (AvgIpc) is 2.39. The summed E-state index contributed by atoms with van der Waals surface area (Å²) in [6.45, 7) is 2.92. The first kappa shape index (κ1) is 15.2. The molecule has 0 saturated heterocycles. The maximum absolute atomic E-state index is 11.5. The third kappa shape index (κ3) is 6.01. The minimum absolute atomic E-state index is 0.107. The Morgan fingerprint density at radius 1 is 1.21 bits per heavy atom. The molecule has 1 aromatic carbocycles. The molecule has 0 aliphatic rings. The predicted octanol–water partition coefficient (Wildman–Crippen LogP) is 0.798. The minimum atomic E-state index is -0.317. The van der Waals surface area contributed by atoms with Crippen molar-refractivity contribution in [3.8, 4) is 0 Å². The van der Waals surface area contributed by atoms with Crippen molar-refractivity contribution < 1.29 is 14.3 Å². The number of hydrogen-bond acceptors (Lipinski definition) is 4. The Kier molecular flexibility index (Phi) is 6.60. The van der Waals surface area contributed by atoms with Crippen LogP contribution in [0.1, 0.15) is 12.5 Å². The van der Waals surface area contributed by atoms with Crippen LogP contribution < -0.4 is 5.32 Å². The molecule has 0 aliphatic carbocycles. The smallest absolute Gasteiger partial charge is 0.320 e. The molecule has 19 heavy (non-hydrogen) atoms. The molecule has 104 valence electrons. The quantitative estimate of drug-likeness (QED) is 0.740. The zero-order chi connectivity index (χ0) is 14.1. The fourth-order valence-corrected chi connectivity index (χ4v) is 1.68. The van der Waals surface area contributed by atoms with Gasteiger partial charge in [-0.3, -0.25) is 14.5 Å². The van der Waals surface area contributed by atoms with E-state index in [2.05, 4.69) is 5.32 Å². The molecule has 0 radical (unpaired) electrons. The number of rotatable bonds is 7. The second-order valence-electron chi connectivity index (χ2n) is 4.11. The van der Waals surface area contributed by atoms with Crippen LogP contribution in [0.4, 0.5) is 0 Å². The van der Waals surface area contributed by atoms with Gasteiger partial charge in [0.05, 0.1) is 19.7 Å². The van der Waals surface area contributed by atoms with Gasteiger partial charge in [0.2, 0.25) is 5.91 Å². The summed E-state index contributed by atoms with van der Waals surface area (Å²) < 4.78 is 4.91. The Morgan fingerprint density at radius 2 is 1.89 bits per heavy atom. The lowest BCUT2D eigenvalue weighted by Gasteiger charge is -2.20. The zero-order valence-corrected chi connectivity index (χ0v) is 11.4. The third-order valence-electron chi connectivity index (χ3n) is 2.55. The molecule has 0 aromatic heterocycles. The van der Waals surface area contributed by atoms with Gasteiger partial charge in [0.1, 0.15) is 0 Å². The zero-order valence-electron chi connectivity index (χ0n) is 11.4. The Hall–Kier alpha value is -1.88. The van der Waals surface area contributed by atoms with Crippen molar-refractivity contribution in [1.29, 1.82) is 0 Å². The van der Waals surface area contributed by atoms with Gasteiger partial charge < -0.3 is 10.1 Å². The van der Waals surface area contributed by atoms with Gasteiger partial charge in [-0.05, 0) is 12.5 Å². The SMILES string of the molecule is CCOC(=O)CN(CC(=O)NC)Cc1ccccc1. The van der Waals surface area contributed by atoms with E-state index in [1.165, 1.54) is 0 Å². The summed E-state index contributed by atoms with van der Waals surface area (Å²) in [5.41, 5.74) is 1.05. The standard InChI is InChI=1S/C14H20N2O3/c1-3-19-14(18)11-16(10-13(17)15-2)9-12-7-5-4-6-8-12/h4-8H,3,9-11H2,1-2H3,(H,15,17). The fourth-order valence-electron chi connectivity index (χ4n) is 1.68. The number of esters is 1. The van der Waals surface area contributed by atoms with Gasteiger partial charge in [0.25, 0.3) is 0 Å². The van der Waals surface area contributed by atoms with Gasteiger partial charge in [-0.25, -0.2) is 0 Å². The van der Waals surface area contributed by atoms with Gasteiger partial charge in [-0.15, -0.1) is 0 Å². The van der Waals surface area contributed by atoms with Crippen LogP contribution in [0.3, 0.4) is 0 Å². The van der Waals surface area contributed by atoms with E-state index in [0.29, 0.717) is 13.2 Å². The van der Waals surface area contributed by atoms with E-state index in [1.807, 2.05) is 30.3 Å². The monoisotopic (exact) mass is 264 g/mol. The number of likely N-dealkylation sites (N-methyl/N-ethyl adjacent to an activating group) is 1. The molecule has 0 fully saturated rings. The van der Waals surface area contributed by atoms with E-state index < -0.39 is 0 Å². The maximum Gasteiger partial charge on any atom is 0.320 e. The number of carbonyl (C=O) groups is 2. The number of carbonyl (C=O) groups excluding carboxylic acids is 2. The largest absolute Gasteiger partial charge is 0.465 e. The van der Waals surface area contributed by atoms with Gasteiger partial charge in [0.15, 0.2) is 0 Å². The van der Waals surface area contributed by atoms with Crippen LogP contribution in [0.15, 0.2) is 30.3 Å². The molecule has 1 aromatic rings. The Balaban J connectivity index is 2.63. The molecule has 0 saturated carbocycles. The summed E-state index contributed by atoms with van der Waals surface area (Å²) in [5, 5.41) is 2.55. The molecule has 5 heteroatoms. The summed E-state index contributed by atoms with van der Waals surface area (Å²) in [6, 6.07) is 9.71. The van der Waals surface area contributed by atoms with Crippen LogP contribution in [0.25, 0.3) is 0 Å².